The Morgan fingerprint density at radius 2 is 2.10 bits per heavy atom. The van der Waals surface area contributed by atoms with Gasteiger partial charge in [0.1, 0.15) is 0 Å². The fourth-order valence-electron chi connectivity index (χ4n) is 2.49. The molecule has 1 heterocycles. The normalized spacial score (nSPS) is 14.9. The Hall–Kier alpha value is -1.92. The number of amides is 1. The molecule has 0 aliphatic carbocycles. The Morgan fingerprint density at radius 3 is 2.76 bits per heavy atom. The van der Waals surface area contributed by atoms with Crippen LogP contribution in [0.15, 0.2) is 18.2 Å². The number of nitrogens with two attached hydrogens (primary N) is 1. The van der Waals surface area contributed by atoms with Crippen LogP contribution >= 0.6 is 0 Å². The Labute approximate surface area is 123 Å². The lowest BCUT2D eigenvalue weighted by atomic mass is 10.1. The number of hydrogen-bond donors (Lipinski definition) is 2. The average molecular weight is 292 g/mol. The number of rotatable bonds is 6. The van der Waals surface area contributed by atoms with Crippen molar-refractivity contribution in [1.29, 1.82) is 0 Å². The zero-order valence-corrected chi connectivity index (χ0v) is 12.0. The summed E-state index contributed by atoms with van der Waals surface area (Å²) in [7, 11) is 1.62. The number of ether oxygens (including phenoxy) is 1. The molecule has 6 heteroatoms. The molecule has 0 saturated heterocycles. The molecule has 1 amide bonds. The van der Waals surface area contributed by atoms with Gasteiger partial charge in [-0.2, -0.15) is 0 Å². The second-order valence-electron chi connectivity index (χ2n) is 5.22. The van der Waals surface area contributed by atoms with E-state index in [1.165, 1.54) is 0 Å². The maximum absolute atomic E-state index is 12.3. The van der Waals surface area contributed by atoms with Crippen LogP contribution in [-0.4, -0.2) is 41.6 Å². The summed E-state index contributed by atoms with van der Waals surface area (Å²) in [5.74, 6) is -1.06. The molecule has 1 aliphatic rings. The van der Waals surface area contributed by atoms with E-state index < -0.39 is 12.0 Å². The predicted octanol–water partition coefficient (Wildman–Crippen LogP) is 0.981. The average Bonchev–Trinajstić information content (AvgIpc) is 2.89. The minimum Gasteiger partial charge on any atom is -0.478 e. The third kappa shape index (κ3) is 3.59. The molecule has 1 aromatic rings. The van der Waals surface area contributed by atoms with Crippen LogP contribution in [0.1, 0.15) is 34.3 Å². The van der Waals surface area contributed by atoms with Crippen LogP contribution in [0.4, 0.5) is 0 Å². The van der Waals surface area contributed by atoms with E-state index in [1.54, 1.807) is 30.2 Å². The van der Waals surface area contributed by atoms with E-state index in [2.05, 4.69) is 0 Å². The summed E-state index contributed by atoms with van der Waals surface area (Å²) in [5.41, 5.74) is 8.02. The first kappa shape index (κ1) is 15.5. The van der Waals surface area contributed by atoms with Crippen LogP contribution in [0.5, 0.6) is 0 Å². The van der Waals surface area contributed by atoms with E-state index >= 15 is 0 Å². The number of aromatic carboxylic acids is 1. The van der Waals surface area contributed by atoms with Crippen molar-refractivity contribution in [3.63, 3.8) is 0 Å². The second-order valence-corrected chi connectivity index (χ2v) is 5.22. The smallest absolute Gasteiger partial charge is 0.335 e. The molecule has 21 heavy (non-hydrogen) atoms. The second kappa shape index (κ2) is 6.69. The zero-order chi connectivity index (χ0) is 15.4. The molecule has 6 nitrogen and oxygen atoms in total. The van der Waals surface area contributed by atoms with Crippen molar-refractivity contribution in [2.24, 2.45) is 5.73 Å². The largest absolute Gasteiger partial charge is 0.478 e. The van der Waals surface area contributed by atoms with Crippen molar-refractivity contribution >= 4 is 11.9 Å². The van der Waals surface area contributed by atoms with Crippen LogP contribution in [-0.2, 0) is 22.6 Å². The minimum atomic E-state index is -0.959. The van der Waals surface area contributed by atoms with Crippen molar-refractivity contribution in [1.82, 2.24) is 4.90 Å². The topological polar surface area (TPSA) is 92.9 Å². The molecule has 0 saturated carbocycles. The monoisotopic (exact) mass is 292 g/mol. The maximum atomic E-state index is 12.3. The van der Waals surface area contributed by atoms with Crippen molar-refractivity contribution in [3.05, 3.63) is 34.9 Å². The van der Waals surface area contributed by atoms with Crippen LogP contribution < -0.4 is 5.73 Å². The van der Waals surface area contributed by atoms with Gasteiger partial charge in [-0.3, -0.25) is 4.79 Å². The third-order valence-electron chi connectivity index (χ3n) is 3.67. The fraction of sp³-hybridized carbons (Fsp3) is 0.467. The molecule has 1 aliphatic heterocycles. The van der Waals surface area contributed by atoms with E-state index in [0.29, 0.717) is 26.1 Å². The van der Waals surface area contributed by atoms with Crippen LogP contribution in [0.3, 0.4) is 0 Å². The standard InChI is InChI=1S/C15H20N2O4/c1-21-6-2-3-13(16)14(18)17-8-11-5-4-10(15(19)20)7-12(11)9-17/h4-5,7,13H,2-3,6,8-9,16H2,1H3,(H,19,20). The molecule has 0 radical (unpaired) electrons. The Kier molecular flexibility index (Phi) is 4.93. The van der Waals surface area contributed by atoms with Crippen molar-refractivity contribution < 1.29 is 19.4 Å². The first-order valence-electron chi connectivity index (χ1n) is 6.91. The molecule has 1 aromatic carbocycles. The van der Waals surface area contributed by atoms with Gasteiger partial charge in [-0.05, 0) is 36.1 Å². The number of fused-ring (bicyclic) bond motifs is 1. The number of carbonyl (C=O) groups excluding carboxylic acids is 1. The van der Waals surface area contributed by atoms with Gasteiger partial charge in [0.15, 0.2) is 0 Å². The molecule has 0 fully saturated rings. The van der Waals surface area contributed by atoms with Gasteiger partial charge in [0.2, 0.25) is 5.91 Å². The van der Waals surface area contributed by atoms with Crippen molar-refractivity contribution in [2.75, 3.05) is 13.7 Å². The summed E-state index contributed by atoms with van der Waals surface area (Å²) in [4.78, 5) is 24.9. The van der Waals surface area contributed by atoms with Gasteiger partial charge in [0, 0.05) is 26.8 Å². The SMILES string of the molecule is COCCCC(N)C(=O)N1Cc2ccc(C(=O)O)cc2C1. The van der Waals surface area contributed by atoms with Crippen LogP contribution in [0.25, 0.3) is 0 Å². The summed E-state index contributed by atoms with van der Waals surface area (Å²) in [6, 6.07) is 4.42. The molecular weight excluding hydrogens is 272 g/mol. The minimum absolute atomic E-state index is 0.0980. The highest BCUT2D eigenvalue weighted by Gasteiger charge is 2.27. The lowest BCUT2D eigenvalue weighted by Crippen LogP contribution is -2.41. The number of carbonyl (C=O) groups is 2. The van der Waals surface area contributed by atoms with Gasteiger partial charge in [-0.25, -0.2) is 4.79 Å². The van der Waals surface area contributed by atoms with Gasteiger partial charge in [0.25, 0.3) is 0 Å². The lowest BCUT2D eigenvalue weighted by molar-refractivity contribution is -0.133. The lowest BCUT2D eigenvalue weighted by Gasteiger charge is -2.20. The highest BCUT2D eigenvalue weighted by Crippen LogP contribution is 2.24. The molecule has 0 bridgehead atoms. The number of hydrogen-bond acceptors (Lipinski definition) is 4. The summed E-state index contributed by atoms with van der Waals surface area (Å²) >= 11 is 0. The van der Waals surface area contributed by atoms with E-state index in [0.717, 1.165) is 17.5 Å². The first-order chi connectivity index (χ1) is 10.0. The predicted molar refractivity (Wildman–Crippen MR) is 76.7 cm³/mol. The maximum Gasteiger partial charge on any atom is 0.335 e. The van der Waals surface area contributed by atoms with E-state index in [1.807, 2.05) is 0 Å². The number of nitrogens with zero attached hydrogens (tertiary/aromatic N) is 1. The number of carboxylic acids is 1. The fourth-order valence-corrected chi connectivity index (χ4v) is 2.49. The quantitative estimate of drug-likeness (QED) is 0.762. The molecule has 0 spiro atoms. The summed E-state index contributed by atoms with van der Waals surface area (Å²) in [5, 5.41) is 8.99. The van der Waals surface area contributed by atoms with Crippen LogP contribution in [0.2, 0.25) is 0 Å². The Bertz CT molecular complexity index is 544. The highest BCUT2D eigenvalue weighted by molar-refractivity contribution is 5.88. The molecule has 3 N–H and O–H groups in total. The Balaban J connectivity index is 1.98. The van der Waals surface area contributed by atoms with E-state index in [-0.39, 0.29) is 11.5 Å². The van der Waals surface area contributed by atoms with E-state index in [9.17, 15) is 9.59 Å². The zero-order valence-electron chi connectivity index (χ0n) is 12.0. The van der Waals surface area contributed by atoms with Gasteiger partial charge in [-0.15, -0.1) is 0 Å². The molecule has 1 atom stereocenters. The van der Waals surface area contributed by atoms with Gasteiger partial charge in [-0.1, -0.05) is 6.07 Å². The highest BCUT2D eigenvalue weighted by atomic mass is 16.5. The third-order valence-corrected chi connectivity index (χ3v) is 3.67. The molecule has 2 rings (SSSR count). The molecule has 0 aromatic heterocycles. The number of benzene rings is 1. The molecule has 1 unspecified atom stereocenters. The summed E-state index contributed by atoms with van der Waals surface area (Å²) in [6.45, 7) is 1.50. The summed E-state index contributed by atoms with van der Waals surface area (Å²) in [6.07, 6.45) is 1.33. The number of methoxy groups -OCH3 is 1. The van der Waals surface area contributed by atoms with E-state index in [4.69, 9.17) is 15.6 Å². The molecular formula is C15H20N2O4. The Morgan fingerprint density at radius 1 is 1.38 bits per heavy atom. The van der Waals surface area contributed by atoms with Gasteiger partial charge in [0.05, 0.1) is 11.6 Å². The molecule has 114 valence electrons. The van der Waals surface area contributed by atoms with Crippen molar-refractivity contribution in [2.45, 2.75) is 32.0 Å². The van der Waals surface area contributed by atoms with Gasteiger partial charge < -0.3 is 20.5 Å². The summed E-state index contributed by atoms with van der Waals surface area (Å²) < 4.78 is 4.95. The van der Waals surface area contributed by atoms with Crippen LogP contribution in [0, 0.1) is 0 Å². The van der Waals surface area contributed by atoms with Gasteiger partial charge >= 0.3 is 5.97 Å². The van der Waals surface area contributed by atoms with Crippen molar-refractivity contribution in [3.8, 4) is 0 Å². The first-order valence-corrected chi connectivity index (χ1v) is 6.91. The number of carboxylic acid groups (broad SMARTS) is 1.